The lowest BCUT2D eigenvalue weighted by atomic mass is 10.2. The van der Waals surface area contributed by atoms with Gasteiger partial charge in [-0.15, -0.1) is 0 Å². The van der Waals surface area contributed by atoms with Crippen LogP contribution >= 0.6 is 11.6 Å². The minimum atomic E-state index is -0.982. The van der Waals surface area contributed by atoms with Gasteiger partial charge in [0.25, 0.3) is 5.91 Å². The van der Waals surface area contributed by atoms with E-state index in [0.717, 1.165) is 30.3 Å². The Bertz CT molecular complexity index is 626. The Labute approximate surface area is 111 Å². The molecule has 0 aliphatic heterocycles. The number of carbonyl (C=O) groups excluding carboxylic acids is 1. The van der Waals surface area contributed by atoms with Crippen molar-refractivity contribution in [3.63, 3.8) is 0 Å². The molecule has 0 saturated carbocycles. The molecule has 2 aromatic rings. The highest BCUT2D eigenvalue weighted by molar-refractivity contribution is 6.31. The molecule has 1 N–H and O–H groups in total. The van der Waals surface area contributed by atoms with Crippen LogP contribution in [0.15, 0.2) is 36.4 Å². The summed E-state index contributed by atoms with van der Waals surface area (Å²) < 4.78 is 40.1. The largest absolute Gasteiger partial charge is 0.317 e. The zero-order valence-electron chi connectivity index (χ0n) is 9.38. The molecule has 0 bridgehead atoms. The molecule has 2 rings (SSSR count). The average molecular weight is 286 g/mol. The topological polar surface area (TPSA) is 29.1 Å². The van der Waals surface area contributed by atoms with E-state index in [1.54, 1.807) is 0 Å². The molecule has 0 aromatic heterocycles. The molecule has 0 spiro atoms. The molecule has 0 aliphatic rings. The van der Waals surface area contributed by atoms with Crippen LogP contribution in [0.2, 0.25) is 5.02 Å². The lowest BCUT2D eigenvalue weighted by Gasteiger charge is -2.08. The second-order valence-electron chi connectivity index (χ2n) is 3.67. The number of benzene rings is 2. The van der Waals surface area contributed by atoms with Crippen molar-refractivity contribution in [2.75, 3.05) is 5.32 Å². The molecular formula is C13H7ClF3NO. The normalized spacial score (nSPS) is 10.3. The number of amides is 1. The van der Waals surface area contributed by atoms with Crippen molar-refractivity contribution in [3.8, 4) is 0 Å². The van der Waals surface area contributed by atoms with E-state index in [1.807, 2.05) is 5.32 Å². The predicted octanol–water partition coefficient (Wildman–Crippen LogP) is 4.01. The first-order valence-corrected chi connectivity index (χ1v) is 5.57. The average Bonchev–Trinajstić information content (AvgIpc) is 2.37. The Morgan fingerprint density at radius 1 is 1.00 bits per heavy atom. The molecular weight excluding hydrogens is 279 g/mol. The van der Waals surface area contributed by atoms with Gasteiger partial charge in [0.1, 0.15) is 23.1 Å². The summed E-state index contributed by atoms with van der Waals surface area (Å²) in [5.41, 5.74) is -1.03. The zero-order chi connectivity index (χ0) is 14.0. The molecule has 0 atom stereocenters. The van der Waals surface area contributed by atoms with E-state index in [2.05, 4.69) is 0 Å². The smallest absolute Gasteiger partial charge is 0.258 e. The number of para-hydroxylation sites is 1. The molecule has 19 heavy (non-hydrogen) atoms. The number of hydrogen-bond donors (Lipinski definition) is 1. The predicted molar refractivity (Wildman–Crippen MR) is 65.7 cm³/mol. The number of anilines is 1. The van der Waals surface area contributed by atoms with Gasteiger partial charge in [-0.25, -0.2) is 13.2 Å². The van der Waals surface area contributed by atoms with Crippen molar-refractivity contribution >= 4 is 23.2 Å². The molecule has 0 radical (unpaired) electrons. The number of hydrogen-bond acceptors (Lipinski definition) is 1. The van der Waals surface area contributed by atoms with E-state index in [1.165, 1.54) is 6.07 Å². The Morgan fingerprint density at radius 2 is 1.63 bits per heavy atom. The second kappa shape index (κ2) is 5.32. The van der Waals surface area contributed by atoms with E-state index in [-0.39, 0.29) is 5.02 Å². The Kier molecular flexibility index (Phi) is 3.76. The highest BCUT2D eigenvalue weighted by Crippen LogP contribution is 2.21. The number of halogens is 4. The highest BCUT2D eigenvalue weighted by atomic mass is 35.5. The summed E-state index contributed by atoms with van der Waals surface area (Å²) in [4.78, 5) is 11.7. The summed E-state index contributed by atoms with van der Waals surface area (Å²) in [7, 11) is 0. The van der Waals surface area contributed by atoms with Crippen LogP contribution in [0.4, 0.5) is 18.9 Å². The Morgan fingerprint density at radius 3 is 2.26 bits per heavy atom. The Hall–Kier alpha value is -2.01. The molecule has 0 heterocycles. The van der Waals surface area contributed by atoms with Gasteiger partial charge in [0.05, 0.1) is 5.56 Å². The first-order valence-electron chi connectivity index (χ1n) is 5.19. The summed E-state index contributed by atoms with van der Waals surface area (Å²) in [5, 5.41) is 2.11. The number of carbonyl (C=O) groups is 1. The van der Waals surface area contributed by atoms with Crippen LogP contribution in [-0.4, -0.2) is 5.91 Å². The first-order chi connectivity index (χ1) is 8.99. The van der Waals surface area contributed by atoms with Crippen LogP contribution in [0.5, 0.6) is 0 Å². The van der Waals surface area contributed by atoms with Gasteiger partial charge in [-0.2, -0.15) is 0 Å². The van der Waals surface area contributed by atoms with Crippen molar-refractivity contribution in [3.05, 3.63) is 64.4 Å². The van der Waals surface area contributed by atoms with E-state index < -0.39 is 34.6 Å². The highest BCUT2D eigenvalue weighted by Gasteiger charge is 2.16. The molecule has 0 fully saturated rings. The van der Waals surface area contributed by atoms with Crippen LogP contribution in [0.3, 0.4) is 0 Å². The summed E-state index contributed by atoms with van der Waals surface area (Å²) >= 11 is 5.63. The van der Waals surface area contributed by atoms with Gasteiger partial charge >= 0.3 is 0 Å². The van der Waals surface area contributed by atoms with Crippen LogP contribution in [0.25, 0.3) is 0 Å². The third-order valence-electron chi connectivity index (χ3n) is 2.37. The van der Waals surface area contributed by atoms with E-state index in [0.29, 0.717) is 0 Å². The quantitative estimate of drug-likeness (QED) is 0.887. The second-order valence-corrected chi connectivity index (χ2v) is 4.11. The van der Waals surface area contributed by atoms with Gasteiger partial charge in [-0.05, 0) is 30.3 Å². The van der Waals surface area contributed by atoms with Gasteiger partial charge in [0.2, 0.25) is 0 Å². The van der Waals surface area contributed by atoms with Crippen molar-refractivity contribution in [2.45, 2.75) is 0 Å². The SMILES string of the molecule is O=C(Nc1c(F)cccc1F)c1cc(Cl)ccc1F. The standard InChI is InChI=1S/C13H7ClF3NO/c14-7-4-5-9(15)8(6-7)13(19)18-12-10(16)2-1-3-11(12)17/h1-6H,(H,18,19). The fourth-order valence-corrected chi connectivity index (χ4v) is 1.64. The van der Waals surface area contributed by atoms with E-state index >= 15 is 0 Å². The van der Waals surface area contributed by atoms with E-state index in [4.69, 9.17) is 11.6 Å². The minimum Gasteiger partial charge on any atom is -0.317 e. The van der Waals surface area contributed by atoms with Crippen LogP contribution in [-0.2, 0) is 0 Å². The Balaban J connectivity index is 2.34. The molecule has 1 amide bonds. The van der Waals surface area contributed by atoms with Crippen molar-refractivity contribution in [2.24, 2.45) is 0 Å². The summed E-state index contributed by atoms with van der Waals surface area (Å²) in [6, 6.07) is 6.44. The zero-order valence-corrected chi connectivity index (χ0v) is 10.1. The number of rotatable bonds is 2. The van der Waals surface area contributed by atoms with Crippen molar-refractivity contribution in [1.82, 2.24) is 0 Å². The summed E-state index contributed by atoms with van der Waals surface area (Å²) in [6.45, 7) is 0. The summed E-state index contributed by atoms with van der Waals surface area (Å²) in [6.07, 6.45) is 0. The molecule has 0 saturated heterocycles. The maximum absolute atomic E-state index is 13.4. The maximum atomic E-state index is 13.4. The lowest BCUT2D eigenvalue weighted by molar-refractivity contribution is 0.102. The molecule has 98 valence electrons. The molecule has 2 nitrogen and oxygen atoms in total. The van der Waals surface area contributed by atoms with Gasteiger partial charge in [0.15, 0.2) is 0 Å². The van der Waals surface area contributed by atoms with Gasteiger partial charge in [0, 0.05) is 5.02 Å². The molecule has 0 aliphatic carbocycles. The molecule has 2 aromatic carbocycles. The van der Waals surface area contributed by atoms with Crippen molar-refractivity contribution < 1.29 is 18.0 Å². The maximum Gasteiger partial charge on any atom is 0.258 e. The fourth-order valence-electron chi connectivity index (χ4n) is 1.47. The summed E-state index contributed by atoms with van der Waals surface area (Å²) in [5.74, 6) is -3.71. The molecule has 6 heteroatoms. The molecule has 0 unspecified atom stereocenters. The van der Waals surface area contributed by atoms with Crippen LogP contribution in [0, 0.1) is 17.5 Å². The number of nitrogens with one attached hydrogen (secondary N) is 1. The third-order valence-corrected chi connectivity index (χ3v) is 2.61. The van der Waals surface area contributed by atoms with Crippen LogP contribution in [0.1, 0.15) is 10.4 Å². The van der Waals surface area contributed by atoms with Crippen LogP contribution < -0.4 is 5.32 Å². The van der Waals surface area contributed by atoms with Gasteiger partial charge < -0.3 is 5.32 Å². The van der Waals surface area contributed by atoms with Gasteiger partial charge in [-0.3, -0.25) is 4.79 Å². The van der Waals surface area contributed by atoms with E-state index in [9.17, 15) is 18.0 Å². The minimum absolute atomic E-state index is 0.139. The van der Waals surface area contributed by atoms with Gasteiger partial charge in [-0.1, -0.05) is 17.7 Å². The van der Waals surface area contributed by atoms with Crippen molar-refractivity contribution in [1.29, 1.82) is 0 Å². The first kappa shape index (κ1) is 13.4. The monoisotopic (exact) mass is 285 g/mol. The lowest BCUT2D eigenvalue weighted by Crippen LogP contribution is -2.15. The third kappa shape index (κ3) is 2.88. The fraction of sp³-hybridized carbons (Fsp3) is 0.